The number of nitrogens with one attached hydrogen (secondary N) is 1. The van der Waals surface area contributed by atoms with Gasteiger partial charge in [0.05, 0.1) is 0 Å². The minimum absolute atomic E-state index is 0.295. The van der Waals surface area contributed by atoms with Crippen molar-refractivity contribution in [3.8, 4) is 12.3 Å². The highest BCUT2D eigenvalue weighted by Gasteiger charge is 2.62. The Hall–Kier alpha value is -1.83. The van der Waals surface area contributed by atoms with Crippen LogP contribution in [-0.2, 0) is 9.59 Å². The summed E-state index contributed by atoms with van der Waals surface area (Å²) in [5, 5.41) is 2.21. The zero-order valence-corrected chi connectivity index (χ0v) is 8.95. The van der Waals surface area contributed by atoms with E-state index in [0.29, 0.717) is 19.3 Å². The van der Waals surface area contributed by atoms with Gasteiger partial charge in [-0.05, 0) is 19.8 Å². The van der Waals surface area contributed by atoms with E-state index in [4.69, 9.17) is 6.42 Å². The third-order valence-corrected chi connectivity index (χ3v) is 3.11. The van der Waals surface area contributed by atoms with Crippen LogP contribution in [0.25, 0.3) is 0 Å². The molecule has 0 aromatic heterocycles. The average molecular weight is 220 g/mol. The van der Waals surface area contributed by atoms with E-state index in [1.54, 1.807) is 6.92 Å². The van der Waals surface area contributed by atoms with E-state index >= 15 is 0 Å². The molecule has 1 atom stereocenters. The summed E-state index contributed by atoms with van der Waals surface area (Å²) in [7, 11) is 0. The Bertz CT molecular complexity index is 417. The summed E-state index contributed by atoms with van der Waals surface area (Å²) >= 11 is 0. The lowest BCUT2D eigenvalue weighted by Crippen LogP contribution is -2.61. The molecule has 5 nitrogen and oxygen atoms in total. The SMILES string of the molecule is C#CCC(C)N1C(=O)NC(=O)C2(CC2)C1=O. The lowest BCUT2D eigenvalue weighted by atomic mass is 10.0. The van der Waals surface area contributed by atoms with Gasteiger partial charge in [-0.25, -0.2) is 4.79 Å². The fourth-order valence-electron chi connectivity index (χ4n) is 1.93. The van der Waals surface area contributed by atoms with E-state index in [1.165, 1.54) is 0 Å². The number of carbonyl (C=O) groups excluding carboxylic acids is 3. The first-order valence-corrected chi connectivity index (χ1v) is 5.15. The normalized spacial score (nSPS) is 24.0. The Morgan fingerprint density at radius 1 is 1.50 bits per heavy atom. The molecule has 5 heteroatoms. The van der Waals surface area contributed by atoms with Crippen molar-refractivity contribution >= 4 is 17.8 Å². The van der Waals surface area contributed by atoms with Crippen molar-refractivity contribution in [2.45, 2.75) is 32.2 Å². The summed E-state index contributed by atoms with van der Waals surface area (Å²) < 4.78 is 0. The van der Waals surface area contributed by atoms with Gasteiger partial charge in [-0.15, -0.1) is 12.3 Å². The molecule has 2 fully saturated rings. The van der Waals surface area contributed by atoms with Crippen molar-refractivity contribution < 1.29 is 14.4 Å². The quantitative estimate of drug-likeness (QED) is 0.536. The third-order valence-electron chi connectivity index (χ3n) is 3.11. The van der Waals surface area contributed by atoms with Crippen molar-refractivity contribution in [3.63, 3.8) is 0 Å². The predicted octanol–water partition coefficient (Wildman–Crippen LogP) is 0.257. The van der Waals surface area contributed by atoms with Crippen molar-refractivity contribution in [2.24, 2.45) is 5.41 Å². The summed E-state index contributed by atoms with van der Waals surface area (Å²) in [6.07, 6.45) is 6.48. The summed E-state index contributed by atoms with van der Waals surface area (Å²) in [6, 6.07) is -1.03. The van der Waals surface area contributed by atoms with E-state index in [9.17, 15) is 14.4 Å². The van der Waals surface area contributed by atoms with Crippen LogP contribution in [0, 0.1) is 17.8 Å². The number of carbonyl (C=O) groups is 3. The Kier molecular flexibility index (Phi) is 2.23. The Morgan fingerprint density at radius 3 is 2.62 bits per heavy atom. The average Bonchev–Trinajstić information content (AvgIpc) is 2.96. The monoisotopic (exact) mass is 220 g/mol. The molecule has 16 heavy (non-hydrogen) atoms. The van der Waals surface area contributed by atoms with Gasteiger partial charge in [-0.2, -0.15) is 0 Å². The Morgan fingerprint density at radius 2 is 2.12 bits per heavy atom. The highest BCUT2D eigenvalue weighted by atomic mass is 16.2. The summed E-state index contributed by atoms with van der Waals surface area (Å²) in [5.41, 5.74) is -0.975. The zero-order valence-electron chi connectivity index (χ0n) is 8.95. The molecule has 2 aliphatic rings. The fourth-order valence-corrected chi connectivity index (χ4v) is 1.93. The van der Waals surface area contributed by atoms with Gasteiger partial charge in [0.25, 0.3) is 0 Å². The van der Waals surface area contributed by atoms with Gasteiger partial charge >= 0.3 is 6.03 Å². The molecule has 4 amide bonds. The molecule has 1 spiro atoms. The number of nitrogens with zero attached hydrogens (tertiary/aromatic N) is 1. The van der Waals surface area contributed by atoms with Crippen molar-refractivity contribution in [2.75, 3.05) is 0 Å². The van der Waals surface area contributed by atoms with E-state index < -0.39 is 23.3 Å². The lowest BCUT2D eigenvalue weighted by Gasteiger charge is -2.33. The smallest absolute Gasteiger partial charge is 0.277 e. The number of urea groups is 1. The van der Waals surface area contributed by atoms with Crippen molar-refractivity contribution in [1.82, 2.24) is 10.2 Å². The maximum Gasteiger partial charge on any atom is 0.331 e. The second kappa shape index (κ2) is 3.34. The van der Waals surface area contributed by atoms with E-state index in [2.05, 4.69) is 11.2 Å². The Balaban J connectivity index is 2.25. The van der Waals surface area contributed by atoms with Gasteiger partial charge in [0, 0.05) is 12.5 Å². The molecule has 2 rings (SSSR count). The molecule has 0 aromatic carbocycles. The Labute approximate surface area is 93.2 Å². The first kappa shape index (κ1) is 10.7. The van der Waals surface area contributed by atoms with Crippen LogP contribution in [0.1, 0.15) is 26.2 Å². The maximum atomic E-state index is 12.0. The highest BCUT2D eigenvalue weighted by molar-refractivity contribution is 6.21. The van der Waals surface area contributed by atoms with E-state index in [-0.39, 0.29) is 6.04 Å². The number of amides is 4. The second-order valence-electron chi connectivity index (χ2n) is 4.27. The summed E-state index contributed by atoms with van der Waals surface area (Å²) in [5.74, 6) is 1.54. The molecule has 1 unspecified atom stereocenters. The number of imide groups is 2. The predicted molar refractivity (Wildman–Crippen MR) is 55.0 cm³/mol. The molecule has 1 saturated heterocycles. The first-order valence-electron chi connectivity index (χ1n) is 5.15. The molecule has 1 saturated carbocycles. The van der Waals surface area contributed by atoms with Crippen LogP contribution in [-0.4, -0.2) is 28.8 Å². The first-order chi connectivity index (χ1) is 7.53. The van der Waals surface area contributed by atoms with Crippen molar-refractivity contribution in [3.05, 3.63) is 0 Å². The molecule has 0 radical (unpaired) electrons. The van der Waals surface area contributed by atoms with Crippen molar-refractivity contribution in [1.29, 1.82) is 0 Å². The number of rotatable bonds is 2. The van der Waals surface area contributed by atoms with Gasteiger partial charge in [0.2, 0.25) is 11.8 Å². The van der Waals surface area contributed by atoms with Gasteiger partial charge in [0.15, 0.2) is 0 Å². The zero-order chi connectivity index (χ0) is 11.9. The number of barbiturate groups is 1. The lowest BCUT2D eigenvalue weighted by molar-refractivity contribution is -0.145. The number of hydrogen-bond donors (Lipinski definition) is 1. The molecule has 0 aromatic rings. The summed E-state index contributed by atoms with van der Waals surface area (Å²) in [4.78, 5) is 36.2. The molecular formula is C11H12N2O3. The highest BCUT2D eigenvalue weighted by Crippen LogP contribution is 2.49. The van der Waals surface area contributed by atoms with Gasteiger partial charge in [-0.3, -0.25) is 19.8 Å². The summed E-state index contributed by atoms with van der Waals surface area (Å²) in [6.45, 7) is 1.70. The van der Waals surface area contributed by atoms with Gasteiger partial charge in [0.1, 0.15) is 5.41 Å². The molecule has 1 heterocycles. The third kappa shape index (κ3) is 1.30. The minimum Gasteiger partial charge on any atom is -0.277 e. The molecule has 84 valence electrons. The topological polar surface area (TPSA) is 66.5 Å². The molecular weight excluding hydrogens is 208 g/mol. The minimum atomic E-state index is -0.975. The van der Waals surface area contributed by atoms with Crippen LogP contribution in [0.4, 0.5) is 4.79 Å². The van der Waals surface area contributed by atoms with Crippen LogP contribution < -0.4 is 5.32 Å². The van der Waals surface area contributed by atoms with Gasteiger partial charge < -0.3 is 0 Å². The molecule has 1 N–H and O–H groups in total. The molecule has 1 aliphatic heterocycles. The van der Waals surface area contributed by atoms with Crippen LogP contribution in [0.15, 0.2) is 0 Å². The molecule has 0 bridgehead atoms. The largest absolute Gasteiger partial charge is 0.331 e. The van der Waals surface area contributed by atoms with Crippen LogP contribution in [0.5, 0.6) is 0 Å². The van der Waals surface area contributed by atoms with Crippen LogP contribution in [0.3, 0.4) is 0 Å². The number of hydrogen-bond acceptors (Lipinski definition) is 3. The van der Waals surface area contributed by atoms with E-state index in [0.717, 1.165) is 4.90 Å². The maximum absolute atomic E-state index is 12.0. The standard InChI is InChI=1S/C11H12N2O3/c1-3-4-7(2)13-9(15)11(5-6-11)8(14)12-10(13)16/h1,7H,4-6H2,2H3,(H,12,14,16). The van der Waals surface area contributed by atoms with Crippen LogP contribution in [0.2, 0.25) is 0 Å². The second-order valence-corrected chi connectivity index (χ2v) is 4.27. The number of terminal acetylenes is 1. The fraction of sp³-hybridized carbons (Fsp3) is 0.545. The van der Waals surface area contributed by atoms with Gasteiger partial charge in [-0.1, -0.05) is 0 Å². The van der Waals surface area contributed by atoms with E-state index in [1.807, 2.05) is 0 Å². The van der Waals surface area contributed by atoms with Crippen LogP contribution >= 0.6 is 0 Å². The molecule has 1 aliphatic carbocycles.